The van der Waals surface area contributed by atoms with Gasteiger partial charge in [-0.25, -0.2) is 0 Å². The van der Waals surface area contributed by atoms with E-state index in [4.69, 9.17) is 0 Å². The van der Waals surface area contributed by atoms with Crippen LogP contribution >= 0.6 is 11.3 Å². The average Bonchev–Trinajstić information content (AvgIpc) is 3.07. The number of nitrogens with zero attached hydrogens (tertiary/aromatic N) is 3. The molecule has 138 valence electrons. The zero-order chi connectivity index (χ0) is 18.7. The molecule has 0 spiro atoms. The zero-order valence-electron chi connectivity index (χ0n) is 15.4. The number of aryl methyl sites for hydroxylation is 1. The molecule has 1 fully saturated rings. The van der Waals surface area contributed by atoms with E-state index >= 15 is 0 Å². The van der Waals surface area contributed by atoms with Gasteiger partial charge in [0, 0.05) is 23.7 Å². The summed E-state index contributed by atoms with van der Waals surface area (Å²) in [6.07, 6.45) is 2.62. The van der Waals surface area contributed by atoms with Gasteiger partial charge >= 0.3 is 0 Å². The summed E-state index contributed by atoms with van der Waals surface area (Å²) in [5.74, 6) is -0.181. The van der Waals surface area contributed by atoms with E-state index in [1.165, 1.54) is 11.3 Å². The molecule has 2 heterocycles. The smallest absolute Gasteiger partial charge is 0.247 e. The number of rotatable bonds is 4. The number of nitrogens with one attached hydrogen (secondary N) is 1. The summed E-state index contributed by atoms with van der Waals surface area (Å²) < 4.78 is 0. The Morgan fingerprint density at radius 3 is 2.77 bits per heavy atom. The van der Waals surface area contributed by atoms with Crippen LogP contribution < -0.4 is 5.32 Å². The molecule has 0 radical (unpaired) electrons. The molecule has 0 aliphatic carbocycles. The van der Waals surface area contributed by atoms with Crippen LogP contribution in [0.3, 0.4) is 0 Å². The maximum Gasteiger partial charge on any atom is 0.247 e. The lowest BCUT2D eigenvalue weighted by Crippen LogP contribution is -2.51. The average molecular weight is 372 g/mol. The number of carbonyl (C=O) groups is 2. The van der Waals surface area contributed by atoms with Crippen molar-refractivity contribution in [3.63, 3.8) is 0 Å². The quantitative estimate of drug-likeness (QED) is 0.891. The van der Waals surface area contributed by atoms with Crippen LogP contribution in [0.25, 0.3) is 10.6 Å². The summed E-state index contributed by atoms with van der Waals surface area (Å²) in [4.78, 5) is 27.0. The van der Waals surface area contributed by atoms with Gasteiger partial charge in [0.15, 0.2) is 0 Å². The molecule has 1 aliphatic rings. The van der Waals surface area contributed by atoms with E-state index in [-0.39, 0.29) is 17.7 Å². The summed E-state index contributed by atoms with van der Waals surface area (Å²) in [5.41, 5.74) is 1.63. The second kappa shape index (κ2) is 7.95. The Hall–Kier alpha value is -2.28. The van der Waals surface area contributed by atoms with Gasteiger partial charge < -0.3 is 10.2 Å². The molecule has 2 amide bonds. The molecule has 1 aromatic heterocycles. The minimum absolute atomic E-state index is 0.0444. The van der Waals surface area contributed by atoms with E-state index in [0.29, 0.717) is 18.7 Å². The van der Waals surface area contributed by atoms with Crippen LogP contribution in [-0.4, -0.2) is 39.5 Å². The maximum atomic E-state index is 12.8. The first kappa shape index (κ1) is 18.5. The highest BCUT2D eigenvalue weighted by Gasteiger charge is 2.33. The van der Waals surface area contributed by atoms with Gasteiger partial charge in [-0.15, -0.1) is 10.2 Å². The van der Waals surface area contributed by atoms with E-state index in [1.54, 1.807) is 4.90 Å². The van der Waals surface area contributed by atoms with Crippen LogP contribution in [0.4, 0.5) is 5.69 Å². The SMILES string of the molecule is Cc1nnc(-c2cccc(NC(=O)C3CCCCN3C(=O)C(C)C)c2)s1. The van der Waals surface area contributed by atoms with Gasteiger partial charge in [0.2, 0.25) is 11.8 Å². The Balaban J connectivity index is 1.75. The van der Waals surface area contributed by atoms with E-state index in [0.717, 1.165) is 28.4 Å². The molecule has 6 nitrogen and oxygen atoms in total. The number of benzene rings is 1. The highest BCUT2D eigenvalue weighted by Crippen LogP contribution is 2.26. The van der Waals surface area contributed by atoms with Crippen molar-refractivity contribution >= 4 is 28.8 Å². The van der Waals surface area contributed by atoms with E-state index in [1.807, 2.05) is 45.0 Å². The summed E-state index contributed by atoms with van der Waals surface area (Å²) in [6, 6.07) is 7.19. The number of aromatic nitrogens is 2. The monoisotopic (exact) mass is 372 g/mol. The molecule has 0 bridgehead atoms. The molecular formula is C19H24N4O2S. The molecule has 0 saturated carbocycles. The minimum Gasteiger partial charge on any atom is -0.330 e. The van der Waals surface area contributed by atoms with Crippen LogP contribution in [0.1, 0.15) is 38.1 Å². The number of hydrogen-bond donors (Lipinski definition) is 1. The fraction of sp³-hybridized carbons (Fsp3) is 0.474. The molecule has 1 aliphatic heterocycles. The van der Waals surface area contributed by atoms with Crippen molar-refractivity contribution in [1.82, 2.24) is 15.1 Å². The van der Waals surface area contributed by atoms with Crippen molar-refractivity contribution in [1.29, 1.82) is 0 Å². The third kappa shape index (κ3) is 4.09. The molecule has 3 rings (SSSR count). The number of piperidine rings is 1. The lowest BCUT2D eigenvalue weighted by atomic mass is 9.99. The number of carbonyl (C=O) groups excluding carboxylic acids is 2. The molecule has 7 heteroatoms. The van der Waals surface area contributed by atoms with Gasteiger partial charge in [0.05, 0.1) is 0 Å². The number of anilines is 1. The van der Waals surface area contributed by atoms with Gasteiger partial charge in [-0.1, -0.05) is 37.3 Å². The van der Waals surface area contributed by atoms with Crippen molar-refractivity contribution in [2.24, 2.45) is 5.92 Å². The first-order valence-corrected chi connectivity index (χ1v) is 9.79. The molecule has 1 N–H and O–H groups in total. The number of hydrogen-bond acceptors (Lipinski definition) is 5. The molecule has 1 unspecified atom stereocenters. The summed E-state index contributed by atoms with van der Waals surface area (Å²) in [5, 5.41) is 12.9. The normalized spacial score (nSPS) is 17.4. The Labute approximate surface area is 157 Å². The van der Waals surface area contributed by atoms with Crippen LogP contribution in [0.2, 0.25) is 0 Å². The van der Waals surface area contributed by atoms with E-state index < -0.39 is 6.04 Å². The van der Waals surface area contributed by atoms with Crippen LogP contribution in [0.5, 0.6) is 0 Å². The van der Waals surface area contributed by atoms with Crippen LogP contribution in [0.15, 0.2) is 24.3 Å². The molecule has 1 saturated heterocycles. The molecule has 26 heavy (non-hydrogen) atoms. The molecule has 1 aromatic carbocycles. The largest absolute Gasteiger partial charge is 0.330 e. The number of amides is 2. The highest BCUT2D eigenvalue weighted by molar-refractivity contribution is 7.14. The topological polar surface area (TPSA) is 75.2 Å². The summed E-state index contributed by atoms with van der Waals surface area (Å²) in [7, 11) is 0. The summed E-state index contributed by atoms with van der Waals surface area (Å²) in [6.45, 7) is 6.31. The highest BCUT2D eigenvalue weighted by atomic mass is 32.1. The van der Waals surface area contributed by atoms with E-state index in [2.05, 4.69) is 15.5 Å². The Morgan fingerprint density at radius 1 is 1.27 bits per heavy atom. The van der Waals surface area contributed by atoms with Crippen molar-refractivity contribution in [3.05, 3.63) is 29.3 Å². The third-order valence-corrected chi connectivity index (χ3v) is 5.37. The number of likely N-dealkylation sites (tertiary alicyclic amines) is 1. The second-order valence-electron chi connectivity index (χ2n) is 6.89. The minimum atomic E-state index is -0.397. The van der Waals surface area contributed by atoms with Gasteiger partial charge in [0.25, 0.3) is 0 Å². The van der Waals surface area contributed by atoms with Crippen LogP contribution in [0, 0.1) is 12.8 Å². The van der Waals surface area contributed by atoms with Gasteiger partial charge in [-0.2, -0.15) is 0 Å². The first-order chi connectivity index (χ1) is 12.5. The third-order valence-electron chi connectivity index (χ3n) is 4.49. The fourth-order valence-corrected chi connectivity index (χ4v) is 3.86. The fourth-order valence-electron chi connectivity index (χ4n) is 3.17. The lowest BCUT2D eigenvalue weighted by Gasteiger charge is -2.35. The van der Waals surface area contributed by atoms with Crippen molar-refractivity contribution in [2.75, 3.05) is 11.9 Å². The molecule has 2 aromatic rings. The van der Waals surface area contributed by atoms with Crippen LogP contribution in [-0.2, 0) is 9.59 Å². The van der Waals surface area contributed by atoms with Crippen molar-refractivity contribution in [2.45, 2.75) is 46.1 Å². The second-order valence-corrected chi connectivity index (χ2v) is 8.08. The van der Waals surface area contributed by atoms with Gasteiger partial charge in [-0.3, -0.25) is 9.59 Å². The Bertz CT molecular complexity index is 802. The van der Waals surface area contributed by atoms with Gasteiger partial charge in [0.1, 0.15) is 16.1 Å². The van der Waals surface area contributed by atoms with Crippen molar-refractivity contribution < 1.29 is 9.59 Å². The van der Waals surface area contributed by atoms with Gasteiger partial charge in [-0.05, 0) is 38.3 Å². The standard InChI is InChI=1S/C19H24N4O2S/c1-12(2)19(25)23-10-5-4-9-16(23)17(24)20-15-8-6-7-14(11-15)18-22-21-13(3)26-18/h6-8,11-12,16H,4-5,9-10H2,1-3H3,(H,20,24). The Morgan fingerprint density at radius 2 is 2.08 bits per heavy atom. The molecular weight excluding hydrogens is 348 g/mol. The Kier molecular flexibility index (Phi) is 5.66. The maximum absolute atomic E-state index is 12.8. The summed E-state index contributed by atoms with van der Waals surface area (Å²) >= 11 is 1.52. The zero-order valence-corrected chi connectivity index (χ0v) is 16.2. The first-order valence-electron chi connectivity index (χ1n) is 8.97. The predicted octanol–water partition coefficient (Wildman–Crippen LogP) is 3.49. The predicted molar refractivity (Wildman–Crippen MR) is 103 cm³/mol. The lowest BCUT2D eigenvalue weighted by molar-refractivity contribution is -0.142. The molecule has 1 atom stereocenters. The van der Waals surface area contributed by atoms with Crippen molar-refractivity contribution in [3.8, 4) is 10.6 Å². The van der Waals surface area contributed by atoms with E-state index in [9.17, 15) is 9.59 Å².